The summed E-state index contributed by atoms with van der Waals surface area (Å²) in [6.07, 6.45) is -1.46. The van der Waals surface area contributed by atoms with E-state index in [9.17, 15) is 18.0 Å². The minimum atomic E-state index is -4.50. The van der Waals surface area contributed by atoms with Crippen LogP contribution in [0.15, 0.2) is 18.3 Å². The molecule has 2 aromatic heterocycles. The average molecular weight is 482 g/mol. The molecule has 3 heterocycles. The largest absolute Gasteiger partial charge is 0.490 e. The van der Waals surface area contributed by atoms with Gasteiger partial charge in [-0.25, -0.2) is 9.97 Å². The number of rotatable bonds is 5. The van der Waals surface area contributed by atoms with Crippen LogP contribution >= 0.6 is 0 Å². The highest BCUT2D eigenvalue weighted by Crippen LogP contribution is 2.37. The Morgan fingerprint density at radius 3 is 2.53 bits per heavy atom. The van der Waals surface area contributed by atoms with Crippen molar-refractivity contribution in [2.75, 3.05) is 17.3 Å². The van der Waals surface area contributed by atoms with E-state index in [0.29, 0.717) is 30.8 Å². The van der Waals surface area contributed by atoms with Crippen molar-refractivity contribution in [2.45, 2.75) is 73.2 Å². The van der Waals surface area contributed by atoms with Crippen molar-refractivity contribution in [1.29, 1.82) is 0 Å². The predicted octanol–water partition coefficient (Wildman–Crippen LogP) is 5.28. The van der Waals surface area contributed by atoms with Gasteiger partial charge in [-0.3, -0.25) is 9.78 Å². The number of anilines is 2. The summed E-state index contributed by atoms with van der Waals surface area (Å²) in [6.45, 7) is 5.84. The van der Waals surface area contributed by atoms with E-state index >= 15 is 0 Å². The first-order valence-electron chi connectivity index (χ1n) is 10.6. The van der Waals surface area contributed by atoms with Gasteiger partial charge in [0.05, 0.1) is 11.8 Å². The van der Waals surface area contributed by atoms with Crippen LogP contribution in [-0.4, -0.2) is 40.1 Å². The lowest BCUT2D eigenvalue weighted by molar-refractivity contribution is -0.141. The van der Waals surface area contributed by atoms with E-state index in [1.807, 2.05) is 32.7 Å². The summed E-state index contributed by atoms with van der Waals surface area (Å²) >= 11 is 0. The quantitative estimate of drug-likeness (QED) is 0.626. The molecule has 1 N–H and O–H groups in total. The maximum absolute atomic E-state index is 12.8. The van der Waals surface area contributed by atoms with E-state index in [-0.39, 0.29) is 50.5 Å². The normalized spacial score (nSPS) is 21.6. The number of nitrogens with one attached hydrogen (secondary N) is 1. The molecule has 0 spiro atoms. The zero-order chi connectivity index (χ0) is 23.2. The number of hydrogen-bond donors (Lipinski definition) is 1. The summed E-state index contributed by atoms with van der Waals surface area (Å²) in [5, 5.41) is 2.94. The summed E-state index contributed by atoms with van der Waals surface area (Å²) in [4.78, 5) is 27.0. The maximum atomic E-state index is 12.8. The zero-order valence-electron chi connectivity index (χ0n) is 18.4. The Labute approximate surface area is 199 Å². The molecule has 0 bridgehead atoms. The van der Waals surface area contributed by atoms with Crippen molar-refractivity contribution >= 4 is 17.4 Å². The van der Waals surface area contributed by atoms with Crippen LogP contribution in [0.2, 0.25) is 0 Å². The molecule has 2 aliphatic rings. The first-order chi connectivity index (χ1) is 15.0. The van der Waals surface area contributed by atoms with Gasteiger partial charge in [-0.1, -0.05) is 28.7 Å². The van der Waals surface area contributed by atoms with Gasteiger partial charge in [0.15, 0.2) is 5.82 Å². The van der Waals surface area contributed by atoms with E-state index in [1.54, 1.807) is 0 Å². The number of hydrogen-bond acceptors (Lipinski definition) is 6. The molecule has 4 rings (SSSR count). The Morgan fingerprint density at radius 2 is 1.91 bits per heavy atom. The lowest BCUT2D eigenvalue weighted by atomic mass is 9.80. The minimum Gasteiger partial charge on any atom is -0.490 e. The monoisotopic (exact) mass is 481 g/mol. The van der Waals surface area contributed by atoms with Crippen LogP contribution in [0.1, 0.15) is 58.8 Å². The van der Waals surface area contributed by atoms with Gasteiger partial charge in [-0.2, -0.15) is 13.2 Å². The number of aryl methyl sites for hydroxylation is 1. The van der Waals surface area contributed by atoms with Gasteiger partial charge >= 0.3 is 6.18 Å². The molecule has 1 aliphatic heterocycles. The fraction of sp³-hybridized carbons (Fsp3) is 0.583. The molecule has 0 radical (unpaired) electrons. The molecule has 1 fully saturated rings. The lowest BCUT2D eigenvalue weighted by Crippen LogP contribution is -2.50. The van der Waals surface area contributed by atoms with Gasteiger partial charge in [0, 0.05) is 25.7 Å². The fourth-order valence-electron chi connectivity index (χ4n) is 4.39. The Morgan fingerprint density at radius 1 is 1.24 bits per heavy atom. The Kier molecular flexibility index (Phi) is 8.16. The number of halogens is 3. The zero-order valence-corrected chi connectivity index (χ0v) is 18.4. The fourth-order valence-corrected chi connectivity index (χ4v) is 4.39. The lowest BCUT2D eigenvalue weighted by Gasteiger charge is -2.38. The smallest absolute Gasteiger partial charge is 0.433 e. The SMILES string of the molecule is C.C.Cc1nc(CC2CC(Oc3ccnc(C(F)(F)F)c3)C2)nc2c1NC(=O)[C@H](C(C)C)N2C. The molecule has 7 nitrogen and oxygen atoms in total. The molecule has 1 saturated carbocycles. The molecule has 0 aromatic carbocycles. The highest BCUT2D eigenvalue weighted by Gasteiger charge is 2.37. The van der Waals surface area contributed by atoms with Crippen molar-refractivity contribution in [3.05, 3.63) is 35.5 Å². The number of alkyl halides is 3. The van der Waals surface area contributed by atoms with Crippen LogP contribution in [0.25, 0.3) is 0 Å². The number of amides is 1. The molecule has 1 atom stereocenters. The maximum Gasteiger partial charge on any atom is 0.433 e. The number of ether oxygens (including phenoxy) is 1. The number of likely N-dealkylation sites (N-methyl/N-ethyl adjacent to an activating group) is 1. The number of aromatic nitrogens is 3. The highest BCUT2D eigenvalue weighted by atomic mass is 19.4. The first kappa shape index (κ1) is 27.3. The van der Waals surface area contributed by atoms with E-state index in [1.165, 1.54) is 6.07 Å². The van der Waals surface area contributed by atoms with Gasteiger partial charge < -0.3 is 15.0 Å². The third-order valence-corrected chi connectivity index (χ3v) is 6.01. The molecular formula is C24H34F3N5O2. The van der Waals surface area contributed by atoms with Crippen LogP contribution in [-0.2, 0) is 17.4 Å². The average Bonchev–Trinajstić information content (AvgIpc) is 2.66. The van der Waals surface area contributed by atoms with E-state index in [2.05, 4.69) is 15.3 Å². The third kappa shape index (κ3) is 5.42. The van der Waals surface area contributed by atoms with E-state index in [0.717, 1.165) is 23.8 Å². The van der Waals surface area contributed by atoms with Crippen LogP contribution in [0.3, 0.4) is 0 Å². The first-order valence-corrected chi connectivity index (χ1v) is 10.6. The Balaban J connectivity index is 0.00000204. The molecule has 0 saturated heterocycles. The molecule has 188 valence electrons. The minimum absolute atomic E-state index is 0. The van der Waals surface area contributed by atoms with Crippen LogP contribution < -0.4 is 15.0 Å². The van der Waals surface area contributed by atoms with Crippen LogP contribution in [0.5, 0.6) is 5.75 Å². The molecular weight excluding hydrogens is 447 g/mol. The molecule has 2 aromatic rings. The van der Waals surface area contributed by atoms with Crippen molar-refractivity contribution in [3.8, 4) is 5.75 Å². The molecule has 0 unspecified atom stereocenters. The predicted molar refractivity (Wildman–Crippen MR) is 126 cm³/mol. The molecule has 1 amide bonds. The van der Waals surface area contributed by atoms with Gasteiger partial charge in [0.25, 0.3) is 0 Å². The standard InChI is InChI=1S/C22H26F3N5O2.2CH4/c1-11(2)19-21(31)29-18-12(3)27-17(28-20(18)30(19)4)9-13-7-15(8-13)32-14-5-6-26-16(10-14)22(23,24)25;;/h5-6,10-11,13,15,19H,7-9H2,1-4H3,(H,29,31);2*1H4/t13?,15?,19-;;/m0../s1. The van der Waals surface area contributed by atoms with Crippen molar-refractivity contribution in [1.82, 2.24) is 15.0 Å². The number of fused-ring (bicyclic) bond motifs is 1. The van der Waals surface area contributed by atoms with Gasteiger partial charge in [-0.05, 0) is 37.7 Å². The molecule has 34 heavy (non-hydrogen) atoms. The number of carbonyl (C=O) groups excluding carboxylic acids is 1. The van der Waals surface area contributed by atoms with Crippen molar-refractivity contribution in [2.24, 2.45) is 11.8 Å². The van der Waals surface area contributed by atoms with E-state index in [4.69, 9.17) is 9.72 Å². The summed E-state index contributed by atoms with van der Waals surface area (Å²) in [6, 6.07) is 2.07. The third-order valence-electron chi connectivity index (χ3n) is 6.01. The number of carbonyl (C=O) groups is 1. The number of pyridine rings is 1. The van der Waals surface area contributed by atoms with Gasteiger partial charge in [0.1, 0.15) is 29.0 Å². The number of nitrogens with zero attached hydrogens (tertiary/aromatic N) is 4. The van der Waals surface area contributed by atoms with Crippen LogP contribution in [0.4, 0.5) is 24.7 Å². The van der Waals surface area contributed by atoms with Gasteiger partial charge in [-0.15, -0.1) is 0 Å². The second-order valence-corrected chi connectivity index (χ2v) is 8.87. The second kappa shape index (κ2) is 10.1. The van der Waals surface area contributed by atoms with Crippen molar-refractivity contribution in [3.63, 3.8) is 0 Å². The molecule has 10 heteroatoms. The Hall–Kier alpha value is -2.91. The van der Waals surface area contributed by atoms with Crippen LogP contribution in [0, 0.1) is 18.8 Å². The van der Waals surface area contributed by atoms with Crippen molar-refractivity contribution < 1.29 is 22.7 Å². The van der Waals surface area contributed by atoms with E-state index < -0.39 is 11.9 Å². The second-order valence-electron chi connectivity index (χ2n) is 8.87. The summed E-state index contributed by atoms with van der Waals surface area (Å²) < 4.78 is 44.2. The molecule has 1 aliphatic carbocycles. The topological polar surface area (TPSA) is 80.2 Å². The Bertz CT molecular complexity index is 1020. The summed E-state index contributed by atoms with van der Waals surface area (Å²) in [7, 11) is 1.87. The summed E-state index contributed by atoms with van der Waals surface area (Å²) in [5.41, 5.74) is 0.404. The highest BCUT2D eigenvalue weighted by molar-refractivity contribution is 6.03. The van der Waals surface area contributed by atoms with Gasteiger partial charge in [0.2, 0.25) is 5.91 Å². The summed E-state index contributed by atoms with van der Waals surface area (Å²) in [5.74, 6) is 1.94.